The number of tetrazole rings is 1. The van der Waals surface area contributed by atoms with Gasteiger partial charge in [0, 0.05) is 13.7 Å². The van der Waals surface area contributed by atoms with Crippen molar-refractivity contribution in [2.75, 3.05) is 20.3 Å². The average Bonchev–Trinajstić information content (AvgIpc) is 2.89. The van der Waals surface area contributed by atoms with Crippen molar-refractivity contribution in [3.05, 3.63) is 5.82 Å². The third kappa shape index (κ3) is 1.81. The van der Waals surface area contributed by atoms with Crippen LogP contribution in [0.15, 0.2) is 0 Å². The molecule has 1 aromatic rings. The van der Waals surface area contributed by atoms with E-state index in [0.29, 0.717) is 12.6 Å². The Kier molecular flexibility index (Phi) is 3.03. The molecule has 3 aliphatic rings. The highest BCUT2D eigenvalue weighted by Crippen LogP contribution is 2.71. The second kappa shape index (κ2) is 4.77. The first-order valence-corrected chi connectivity index (χ1v) is 7.81. The van der Waals surface area contributed by atoms with E-state index in [-0.39, 0.29) is 6.04 Å². The van der Waals surface area contributed by atoms with Gasteiger partial charge in [-0.15, -0.1) is 5.10 Å². The lowest BCUT2D eigenvalue weighted by molar-refractivity contribution is 0.195. The smallest absolute Gasteiger partial charge is 0.168 e. The Hall–Kier alpha value is -1.01. The molecule has 4 rings (SSSR count). The van der Waals surface area contributed by atoms with E-state index in [0.717, 1.165) is 36.0 Å². The van der Waals surface area contributed by atoms with Crippen LogP contribution in [-0.4, -0.2) is 40.5 Å². The fourth-order valence-electron chi connectivity index (χ4n) is 4.77. The van der Waals surface area contributed by atoms with Crippen molar-refractivity contribution < 1.29 is 4.74 Å². The summed E-state index contributed by atoms with van der Waals surface area (Å²) in [6.07, 6.45) is 4.33. The van der Waals surface area contributed by atoms with Crippen molar-refractivity contribution in [3.8, 4) is 0 Å². The van der Waals surface area contributed by atoms with Gasteiger partial charge in [0.2, 0.25) is 0 Å². The van der Waals surface area contributed by atoms with Gasteiger partial charge in [0.1, 0.15) is 0 Å². The molecule has 3 saturated carbocycles. The van der Waals surface area contributed by atoms with E-state index in [1.54, 1.807) is 7.11 Å². The average molecular weight is 277 g/mol. The molecular weight excluding hydrogens is 254 g/mol. The molecule has 2 bridgehead atoms. The van der Waals surface area contributed by atoms with Crippen LogP contribution < -0.4 is 5.32 Å². The number of fused-ring (bicyclic) bond motifs is 5. The second-order valence-corrected chi connectivity index (χ2v) is 6.63. The Labute approximate surface area is 119 Å². The zero-order valence-corrected chi connectivity index (χ0v) is 12.2. The largest absolute Gasteiger partial charge is 0.383 e. The molecule has 6 nitrogen and oxygen atoms in total. The summed E-state index contributed by atoms with van der Waals surface area (Å²) >= 11 is 0. The maximum atomic E-state index is 5.08. The van der Waals surface area contributed by atoms with Gasteiger partial charge in [-0.2, -0.15) is 0 Å². The fourth-order valence-corrected chi connectivity index (χ4v) is 4.77. The summed E-state index contributed by atoms with van der Waals surface area (Å²) < 4.78 is 7.19. The molecule has 0 saturated heterocycles. The van der Waals surface area contributed by atoms with Gasteiger partial charge in [-0.25, -0.2) is 4.68 Å². The van der Waals surface area contributed by atoms with E-state index in [2.05, 4.69) is 32.4 Å². The van der Waals surface area contributed by atoms with E-state index in [1.165, 1.54) is 19.3 Å². The molecule has 0 aromatic carbocycles. The molecule has 0 spiro atoms. The summed E-state index contributed by atoms with van der Waals surface area (Å²) in [7, 11) is 1.72. The zero-order chi connectivity index (χ0) is 13.7. The number of hydrogen-bond donors (Lipinski definition) is 1. The SMILES string of the molecule is COCCNC(C)c1nnnn1C1C2C3CCC(C3)C21. The van der Waals surface area contributed by atoms with Gasteiger partial charge in [-0.3, -0.25) is 0 Å². The van der Waals surface area contributed by atoms with Gasteiger partial charge in [0.25, 0.3) is 0 Å². The quantitative estimate of drug-likeness (QED) is 0.791. The Morgan fingerprint density at radius 3 is 2.80 bits per heavy atom. The molecule has 1 aromatic heterocycles. The number of rotatable bonds is 6. The van der Waals surface area contributed by atoms with Crippen LogP contribution in [0, 0.1) is 23.7 Å². The Bertz CT molecular complexity index is 474. The molecule has 20 heavy (non-hydrogen) atoms. The van der Waals surface area contributed by atoms with Crippen LogP contribution in [0.5, 0.6) is 0 Å². The maximum Gasteiger partial charge on any atom is 0.168 e. The van der Waals surface area contributed by atoms with E-state index < -0.39 is 0 Å². The second-order valence-electron chi connectivity index (χ2n) is 6.63. The lowest BCUT2D eigenvalue weighted by Gasteiger charge is -2.15. The number of nitrogens with one attached hydrogen (secondary N) is 1. The minimum absolute atomic E-state index is 0.180. The first-order chi connectivity index (χ1) is 9.81. The molecule has 3 aliphatic carbocycles. The Morgan fingerprint density at radius 2 is 2.10 bits per heavy atom. The highest BCUT2D eigenvalue weighted by molar-refractivity contribution is 5.16. The number of ether oxygens (including phenoxy) is 1. The van der Waals surface area contributed by atoms with Crippen molar-refractivity contribution in [1.29, 1.82) is 0 Å². The van der Waals surface area contributed by atoms with Crippen molar-refractivity contribution in [1.82, 2.24) is 25.5 Å². The van der Waals surface area contributed by atoms with Crippen LogP contribution in [0.2, 0.25) is 0 Å². The molecule has 6 heteroatoms. The minimum atomic E-state index is 0.180. The number of aromatic nitrogens is 4. The Balaban J connectivity index is 1.47. The monoisotopic (exact) mass is 277 g/mol. The molecule has 110 valence electrons. The molecule has 0 radical (unpaired) electrons. The van der Waals surface area contributed by atoms with Crippen molar-refractivity contribution in [2.24, 2.45) is 23.7 Å². The van der Waals surface area contributed by atoms with Gasteiger partial charge in [0.15, 0.2) is 5.82 Å². The molecule has 5 unspecified atom stereocenters. The summed E-state index contributed by atoms with van der Waals surface area (Å²) in [5, 5.41) is 15.9. The Morgan fingerprint density at radius 1 is 1.35 bits per heavy atom. The van der Waals surface area contributed by atoms with Crippen LogP contribution in [-0.2, 0) is 4.74 Å². The molecule has 0 amide bonds. The molecule has 5 atom stereocenters. The van der Waals surface area contributed by atoms with Crippen LogP contribution >= 0.6 is 0 Å². The predicted octanol–water partition coefficient (Wildman–Crippen LogP) is 1.19. The van der Waals surface area contributed by atoms with Gasteiger partial charge in [0.05, 0.1) is 18.7 Å². The normalized spacial score (nSPS) is 39.0. The molecule has 1 N–H and O–H groups in total. The van der Waals surface area contributed by atoms with E-state index in [4.69, 9.17) is 4.74 Å². The molecular formula is C14H23N5O. The van der Waals surface area contributed by atoms with Crippen molar-refractivity contribution in [3.63, 3.8) is 0 Å². The zero-order valence-electron chi connectivity index (χ0n) is 12.2. The lowest BCUT2D eigenvalue weighted by Crippen LogP contribution is -2.26. The van der Waals surface area contributed by atoms with Crippen LogP contribution in [0.4, 0.5) is 0 Å². The topological polar surface area (TPSA) is 64.9 Å². The molecule has 1 heterocycles. The van der Waals surface area contributed by atoms with Crippen LogP contribution in [0.1, 0.15) is 44.1 Å². The van der Waals surface area contributed by atoms with Gasteiger partial charge < -0.3 is 10.1 Å². The van der Waals surface area contributed by atoms with Gasteiger partial charge in [-0.1, -0.05) is 0 Å². The number of methoxy groups -OCH3 is 1. The molecule has 3 fully saturated rings. The van der Waals surface area contributed by atoms with E-state index in [1.807, 2.05) is 0 Å². The summed E-state index contributed by atoms with van der Waals surface area (Å²) in [5.74, 6) is 4.61. The maximum absolute atomic E-state index is 5.08. The van der Waals surface area contributed by atoms with Crippen molar-refractivity contribution >= 4 is 0 Å². The summed E-state index contributed by atoms with van der Waals surface area (Å²) in [6, 6.07) is 0.761. The van der Waals surface area contributed by atoms with Crippen LogP contribution in [0.3, 0.4) is 0 Å². The highest BCUT2D eigenvalue weighted by Gasteiger charge is 2.66. The van der Waals surface area contributed by atoms with E-state index >= 15 is 0 Å². The standard InChI is InChI=1S/C14H23N5O/c1-8(15-5-6-20-2)14-16-17-18-19(14)13-11-9-3-4-10(7-9)12(11)13/h8-13,15H,3-7H2,1-2H3. The summed E-state index contributed by atoms with van der Waals surface area (Å²) in [6.45, 7) is 3.67. The number of nitrogens with zero attached hydrogens (tertiary/aromatic N) is 4. The third-order valence-electron chi connectivity index (χ3n) is 5.64. The van der Waals surface area contributed by atoms with E-state index in [9.17, 15) is 0 Å². The summed E-state index contributed by atoms with van der Waals surface area (Å²) in [4.78, 5) is 0. The summed E-state index contributed by atoms with van der Waals surface area (Å²) in [5.41, 5.74) is 0. The van der Waals surface area contributed by atoms with Crippen LogP contribution in [0.25, 0.3) is 0 Å². The van der Waals surface area contributed by atoms with Crippen molar-refractivity contribution in [2.45, 2.75) is 38.3 Å². The van der Waals surface area contributed by atoms with Gasteiger partial charge >= 0.3 is 0 Å². The fraction of sp³-hybridized carbons (Fsp3) is 0.929. The van der Waals surface area contributed by atoms with Gasteiger partial charge in [-0.05, 0) is 60.3 Å². The minimum Gasteiger partial charge on any atom is -0.383 e. The molecule has 0 aliphatic heterocycles. The highest BCUT2D eigenvalue weighted by atomic mass is 16.5. The lowest BCUT2D eigenvalue weighted by atomic mass is 10.0. The first kappa shape index (κ1) is 12.7. The predicted molar refractivity (Wildman–Crippen MR) is 73.0 cm³/mol. The first-order valence-electron chi connectivity index (χ1n) is 7.81. The number of hydrogen-bond acceptors (Lipinski definition) is 5. The third-order valence-corrected chi connectivity index (χ3v) is 5.64.